The van der Waals surface area contributed by atoms with Crippen LogP contribution >= 0.6 is 0 Å². The van der Waals surface area contributed by atoms with Crippen molar-refractivity contribution in [1.29, 1.82) is 0 Å². The van der Waals surface area contributed by atoms with Crippen LogP contribution in [0.25, 0.3) is 10.9 Å². The number of carbonyl (C=O) groups is 1. The Morgan fingerprint density at radius 1 is 1.05 bits per heavy atom. The van der Waals surface area contributed by atoms with Crippen molar-refractivity contribution in [3.8, 4) is 11.5 Å². The van der Waals surface area contributed by atoms with E-state index in [2.05, 4.69) is 27.2 Å². The van der Waals surface area contributed by atoms with Crippen molar-refractivity contribution in [2.45, 2.75) is 19.3 Å². The van der Waals surface area contributed by atoms with Crippen molar-refractivity contribution in [3.05, 3.63) is 83.9 Å². The molecular formula is C30H31FN4O3. The highest BCUT2D eigenvalue weighted by Gasteiger charge is 2.19. The average molecular weight is 515 g/mol. The molecule has 0 aliphatic carbocycles. The first kappa shape index (κ1) is 25.6. The van der Waals surface area contributed by atoms with Crippen LogP contribution in [0.1, 0.15) is 28.8 Å². The molecule has 0 saturated carbocycles. The number of ketones is 1. The quantitative estimate of drug-likeness (QED) is 0.289. The summed E-state index contributed by atoms with van der Waals surface area (Å²) in [7, 11) is 3.73. The third-order valence-corrected chi connectivity index (χ3v) is 6.98. The molecule has 196 valence electrons. The standard InChI is InChI=1S/C30H31FN4O3/c1-35-12-10-20(11-13-35)18-38-29-17-26-23(16-28(29)37-2)30(33-19-32-26)34-25-9-8-21(14-24(25)31)15-27(36)22-6-4-3-5-7-22/h3-9,14,16-17,19-20H,10-13,15,18H2,1-2H3,(H,32,33,34). The predicted molar refractivity (Wildman–Crippen MR) is 146 cm³/mol. The van der Waals surface area contributed by atoms with E-state index in [1.165, 1.54) is 12.4 Å². The number of aromatic nitrogens is 2. The maximum atomic E-state index is 15.0. The second kappa shape index (κ2) is 11.6. The fraction of sp³-hybridized carbons (Fsp3) is 0.300. The highest BCUT2D eigenvalue weighted by Crippen LogP contribution is 2.35. The number of piperidine rings is 1. The smallest absolute Gasteiger partial charge is 0.167 e. The number of benzene rings is 3. The average Bonchev–Trinajstić information content (AvgIpc) is 2.94. The molecule has 8 heteroatoms. The van der Waals surface area contributed by atoms with Gasteiger partial charge in [0.2, 0.25) is 0 Å². The first-order chi connectivity index (χ1) is 18.5. The first-order valence-corrected chi connectivity index (χ1v) is 12.8. The number of nitrogens with one attached hydrogen (secondary N) is 1. The number of hydrogen-bond acceptors (Lipinski definition) is 7. The van der Waals surface area contributed by atoms with Crippen molar-refractivity contribution in [3.63, 3.8) is 0 Å². The molecule has 1 aliphatic rings. The van der Waals surface area contributed by atoms with Crippen molar-refractivity contribution in [1.82, 2.24) is 14.9 Å². The van der Waals surface area contributed by atoms with Gasteiger partial charge in [-0.3, -0.25) is 4.79 Å². The van der Waals surface area contributed by atoms with E-state index in [0.717, 1.165) is 25.9 Å². The maximum absolute atomic E-state index is 15.0. The van der Waals surface area contributed by atoms with Crippen LogP contribution < -0.4 is 14.8 Å². The van der Waals surface area contributed by atoms with Crippen LogP contribution in [0.5, 0.6) is 11.5 Å². The van der Waals surface area contributed by atoms with Gasteiger partial charge in [0.15, 0.2) is 17.3 Å². The van der Waals surface area contributed by atoms with Gasteiger partial charge in [-0.25, -0.2) is 14.4 Å². The number of nitrogens with zero attached hydrogens (tertiary/aromatic N) is 3. The van der Waals surface area contributed by atoms with Gasteiger partial charge >= 0.3 is 0 Å². The summed E-state index contributed by atoms with van der Waals surface area (Å²) < 4.78 is 26.8. The lowest BCUT2D eigenvalue weighted by molar-refractivity contribution is 0.0993. The van der Waals surface area contributed by atoms with E-state index in [0.29, 0.717) is 51.9 Å². The Labute approximate surface area is 221 Å². The first-order valence-electron chi connectivity index (χ1n) is 12.8. The van der Waals surface area contributed by atoms with Crippen molar-refractivity contribution < 1.29 is 18.7 Å². The second-order valence-corrected chi connectivity index (χ2v) is 9.71. The number of carbonyl (C=O) groups excluding carboxylic acids is 1. The molecule has 1 fully saturated rings. The van der Waals surface area contributed by atoms with Crippen LogP contribution in [-0.4, -0.2) is 54.5 Å². The number of hydrogen-bond donors (Lipinski definition) is 1. The molecule has 1 aromatic heterocycles. The largest absolute Gasteiger partial charge is 0.493 e. The molecule has 7 nitrogen and oxygen atoms in total. The molecule has 0 bridgehead atoms. The fourth-order valence-corrected chi connectivity index (χ4v) is 4.68. The summed E-state index contributed by atoms with van der Waals surface area (Å²) in [5, 5.41) is 3.75. The van der Waals surface area contributed by atoms with E-state index in [9.17, 15) is 4.79 Å². The molecule has 0 radical (unpaired) electrons. The minimum atomic E-state index is -0.472. The van der Waals surface area contributed by atoms with E-state index in [-0.39, 0.29) is 17.9 Å². The summed E-state index contributed by atoms with van der Waals surface area (Å²) in [6.07, 6.45) is 3.76. The number of anilines is 2. The monoisotopic (exact) mass is 514 g/mol. The van der Waals surface area contributed by atoms with Gasteiger partial charge in [-0.1, -0.05) is 36.4 Å². The molecule has 38 heavy (non-hydrogen) atoms. The van der Waals surface area contributed by atoms with Crippen LogP contribution in [0.15, 0.2) is 67.0 Å². The number of fused-ring (bicyclic) bond motifs is 1. The molecule has 1 saturated heterocycles. The summed E-state index contributed by atoms with van der Waals surface area (Å²) in [4.78, 5) is 23.6. The topological polar surface area (TPSA) is 76.6 Å². The van der Waals surface area contributed by atoms with E-state index < -0.39 is 5.82 Å². The van der Waals surface area contributed by atoms with Crippen LogP contribution in [0.4, 0.5) is 15.9 Å². The lowest BCUT2D eigenvalue weighted by Gasteiger charge is -2.28. The summed E-state index contributed by atoms with van der Waals surface area (Å²) in [6, 6.07) is 17.4. The maximum Gasteiger partial charge on any atom is 0.167 e. The summed E-state index contributed by atoms with van der Waals surface area (Å²) in [5.74, 6) is 1.61. The van der Waals surface area contributed by atoms with Gasteiger partial charge in [0, 0.05) is 23.4 Å². The minimum absolute atomic E-state index is 0.0616. The summed E-state index contributed by atoms with van der Waals surface area (Å²) >= 11 is 0. The van der Waals surface area contributed by atoms with Crippen molar-refractivity contribution in [2.75, 3.05) is 39.2 Å². The zero-order valence-corrected chi connectivity index (χ0v) is 21.6. The Hall–Kier alpha value is -4.04. The molecular weight excluding hydrogens is 483 g/mol. The van der Waals surface area contributed by atoms with Gasteiger partial charge < -0.3 is 19.7 Å². The zero-order chi connectivity index (χ0) is 26.5. The number of halogens is 1. The van der Waals surface area contributed by atoms with Gasteiger partial charge in [0.1, 0.15) is 18.0 Å². The van der Waals surface area contributed by atoms with Crippen LogP contribution in [-0.2, 0) is 6.42 Å². The third kappa shape index (κ3) is 5.92. The normalized spacial score (nSPS) is 14.4. The van der Waals surface area contributed by atoms with Crippen LogP contribution in [0, 0.1) is 11.7 Å². The van der Waals surface area contributed by atoms with Crippen molar-refractivity contribution >= 4 is 28.2 Å². The minimum Gasteiger partial charge on any atom is -0.493 e. The van der Waals surface area contributed by atoms with E-state index in [1.807, 2.05) is 30.3 Å². The molecule has 0 unspecified atom stereocenters. The Morgan fingerprint density at radius 3 is 2.58 bits per heavy atom. The molecule has 0 amide bonds. The lowest BCUT2D eigenvalue weighted by atomic mass is 9.98. The van der Waals surface area contributed by atoms with E-state index in [4.69, 9.17) is 9.47 Å². The summed E-state index contributed by atoms with van der Waals surface area (Å²) in [6.45, 7) is 2.77. The zero-order valence-electron chi connectivity index (χ0n) is 21.6. The summed E-state index contributed by atoms with van der Waals surface area (Å²) in [5.41, 5.74) is 2.11. The number of methoxy groups -OCH3 is 1. The molecule has 0 spiro atoms. The third-order valence-electron chi connectivity index (χ3n) is 6.98. The van der Waals surface area contributed by atoms with E-state index in [1.54, 1.807) is 31.4 Å². The lowest BCUT2D eigenvalue weighted by Crippen LogP contribution is -2.32. The van der Waals surface area contributed by atoms with Gasteiger partial charge in [-0.15, -0.1) is 0 Å². The highest BCUT2D eigenvalue weighted by atomic mass is 19.1. The number of likely N-dealkylation sites (tertiary alicyclic amines) is 1. The van der Waals surface area contributed by atoms with Crippen molar-refractivity contribution in [2.24, 2.45) is 5.92 Å². The highest BCUT2D eigenvalue weighted by molar-refractivity contribution is 5.97. The fourth-order valence-electron chi connectivity index (χ4n) is 4.68. The van der Waals surface area contributed by atoms with Gasteiger partial charge in [-0.05, 0) is 62.7 Å². The van der Waals surface area contributed by atoms with Gasteiger partial charge in [-0.2, -0.15) is 0 Å². The molecule has 5 rings (SSSR count). The predicted octanol–water partition coefficient (Wildman–Crippen LogP) is 5.67. The number of rotatable bonds is 9. The SMILES string of the molecule is COc1cc2c(Nc3ccc(CC(=O)c4ccccc4)cc3F)ncnc2cc1OCC1CCN(C)CC1. The molecule has 1 N–H and O–H groups in total. The molecule has 4 aromatic rings. The van der Waals surface area contributed by atoms with Crippen LogP contribution in [0.2, 0.25) is 0 Å². The molecule has 3 aromatic carbocycles. The van der Waals surface area contributed by atoms with E-state index >= 15 is 4.39 Å². The number of Topliss-reactive ketones (excluding diaryl/α,β-unsaturated/α-hetero) is 1. The van der Waals surface area contributed by atoms with Gasteiger partial charge in [0.25, 0.3) is 0 Å². The second-order valence-electron chi connectivity index (χ2n) is 9.71. The Balaban J connectivity index is 1.32. The van der Waals surface area contributed by atoms with Crippen LogP contribution in [0.3, 0.4) is 0 Å². The van der Waals surface area contributed by atoms with Gasteiger partial charge in [0.05, 0.1) is 24.9 Å². The Morgan fingerprint density at radius 2 is 1.84 bits per heavy atom. The molecule has 1 aliphatic heterocycles. The molecule has 2 heterocycles. The number of ether oxygens (including phenoxy) is 2. The molecule has 0 atom stereocenters. The Kier molecular flexibility index (Phi) is 7.79. The Bertz CT molecular complexity index is 1420.